The Morgan fingerprint density at radius 2 is 2.24 bits per heavy atom. The Hall–Kier alpha value is -1.86. The molecule has 1 aromatic heterocycles. The number of hydrogen-bond donors (Lipinski definition) is 1. The minimum atomic E-state index is -0.201. The standard InChI is InChI=1S/C18H26N2O5/c1-23-8-2-6-19-18(22)17-14-5-9-24-10-7-20(14)16(21)11-15(17)25-12-13-3-4-13/h11,13H,2-10,12H2,1H3,(H,19,22). The lowest BCUT2D eigenvalue weighted by atomic mass is 10.1. The van der Waals surface area contributed by atoms with E-state index in [1.807, 2.05) is 0 Å². The molecule has 2 aliphatic rings. The van der Waals surface area contributed by atoms with Crippen LogP contribution in [0.15, 0.2) is 10.9 Å². The first-order valence-corrected chi connectivity index (χ1v) is 8.95. The van der Waals surface area contributed by atoms with Gasteiger partial charge in [0.2, 0.25) is 0 Å². The van der Waals surface area contributed by atoms with E-state index in [2.05, 4.69) is 5.32 Å². The van der Waals surface area contributed by atoms with Gasteiger partial charge in [-0.1, -0.05) is 0 Å². The van der Waals surface area contributed by atoms with Crippen molar-refractivity contribution in [1.29, 1.82) is 0 Å². The third-order valence-electron chi connectivity index (χ3n) is 4.53. The van der Waals surface area contributed by atoms with Gasteiger partial charge >= 0.3 is 0 Å². The van der Waals surface area contributed by atoms with E-state index < -0.39 is 0 Å². The summed E-state index contributed by atoms with van der Waals surface area (Å²) in [5.74, 6) is 0.740. The van der Waals surface area contributed by atoms with Crippen LogP contribution in [0.3, 0.4) is 0 Å². The summed E-state index contributed by atoms with van der Waals surface area (Å²) in [6.07, 6.45) is 3.56. The van der Waals surface area contributed by atoms with Gasteiger partial charge in [0, 0.05) is 45.0 Å². The van der Waals surface area contributed by atoms with Crippen LogP contribution >= 0.6 is 0 Å². The molecule has 7 heteroatoms. The molecule has 1 aliphatic heterocycles. The smallest absolute Gasteiger partial charge is 0.256 e. The minimum Gasteiger partial charge on any atom is -0.492 e. The highest BCUT2D eigenvalue weighted by molar-refractivity contribution is 5.98. The number of hydrogen-bond acceptors (Lipinski definition) is 5. The predicted molar refractivity (Wildman–Crippen MR) is 92.3 cm³/mol. The zero-order chi connectivity index (χ0) is 17.6. The summed E-state index contributed by atoms with van der Waals surface area (Å²) < 4.78 is 18.0. The maximum absolute atomic E-state index is 12.8. The van der Waals surface area contributed by atoms with Crippen molar-refractivity contribution in [3.05, 3.63) is 27.7 Å². The summed E-state index contributed by atoms with van der Waals surface area (Å²) >= 11 is 0. The van der Waals surface area contributed by atoms with Gasteiger partial charge < -0.3 is 24.1 Å². The number of aromatic nitrogens is 1. The Morgan fingerprint density at radius 1 is 1.40 bits per heavy atom. The van der Waals surface area contributed by atoms with E-state index in [0.717, 1.165) is 19.3 Å². The molecular weight excluding hydrogens is 324 g/mol. The highest BCUT2D eigenvalue weighted by Gasteiger charge is 2.26. The van der Waals surface area contributed by atoms with E-state index in [1.54, 1.807) is 11.7 Å². The maximum Gasteiger partial charge on any atom is 0.256 e. The van der Waals surface area contributed by atoms with Gasteiger partial charge in [0.05, 0.1) is 19.8 Å². The Morgan fingerprint density at radius 3 is 3.00 bits per heavy atom. The van der Waals surface area contributed by atoms with Crippen LogP contribution in [0.25, 0.3) is 0 Å². The lowest BCUT2D eigenvalue weighted by molar-refractivity contribution is 0.0942. The average Bonchev–Trinajstić information content (AvgIpc) is 3.43. The maximum atomic E-state index is 12.8. The molecule has 0 bridgehead atoms. The fourth-order valence-electron chi connectivity index (χ4n) is 2.96. The molecule has 1 N–H and O–H groups in total. The van der Waals surface area contributed by atoms with Crippen LogP contribution in [-0.4, -0.2) is 50.6 Å². The number of nitrogens with one attached hydrogen (secondary N) is 1. The molecule has 138 valence electrons. The largest absolute Gasteiger partial charge is 0.492 e. The van der Waals surface area contributed by atoms with Crippen molar-refractivity contribution < 1.29 is 19.0 Å². The highest BCUT2D eigenvalue weighted by atomic mass is 16.5. The molecule has 1 aromatic rings. The van der Waals surface area contributed by atoms with Gasteiger partial charge in [0.25, 0.3) is 11.5 Å². The number of pyridine rings is 1. The van der Waals surface area contributed by atoms with Crippen LogP contribution < -0.4 is 15.6 Å². The number of carbonyl (C=O) groups excluding carboxylic acids is 1. The summed E-state index contributed by atoms with van der Waals surface area (Å²) in [5, 5.41) is 2.91. The molecule has 0 saturated heterocycles. The monoisotopic (exact) mass is 350 g/mol. The van der Waals surface area contributed by atoms with Crippen molar-refractivity contribution in [3.63, 3.8) is 0 Å². The number of methoxy groups -OCH3 is 1. The van der Waals surface area contributed by atoms with Crippen LogP contribution in [0.4, 0.5) is 0 Å². The normalized spacial score (nSPS) is 16.8. The van der Waals surface area contributed by atoms with Crippen molar-refractivity contribution in [2.24, 2.45) is 5.92 Å². The number of ether oxygens (including phenoxy) is 3. The van der Waals surface area contributed by atoms with Gasteiger partial charge in [-0.15, -0.1) is 0 Å². The van der Waals surface area contributed by atoms with Gasteiger partial charge in [-0.05, 0) is 25.2 Å². The summed E-state index contributed by atoms with van der Waals surface area (Å²) in [5.41, 5.74) is 1.05. The summed E-state index contributed by atoms with van der Waals surface area (Å²) in [6, 6.07) is 1.45. The Kier molecular flexibility index (Phi) is 6.09. The van der Waals surface area contributed by atoms with E-state index in [0.29, 0.717) is 68.9 Å². The summed E-state index contributed by atoms with van der Waals surface area (Å²) in [4.78, 5) is 25.2. The third-order valence-corrected chi connectivity index (χ3v) is 4.53. The lowest BCUT2D eigenvalue weighted by Crippen LogP contribution is -2.32. The molecule has 25 heavy (non-hydrogen) atoms. The number of fused-ring (bicyclic) bond motifs is 1. The Balaban J connectivity index is 1.87. The molecule has 7 nitrogen and oxygen atoms in total. The first-order valence-electron chi connectivity index (χ1n) is 8.95. The molecule has 0 spiro atoms. The van der Waals surface area contributed by atoms with Crippen molar-refractivity contribution in [2.45, 2.75) is 32.2 Å². The van der Waals surface area contributed by atoms with Crippen molar-refractivity contribution >= 4 is 5.91 Å². The molecule has 2 heterocycles. The minimum absolute atomic E-state index is 0.137. The van der Waals surface area contributed by atoms with E-state index >= 15 is 0 Å². The molecule has 0 aromatic carbocycles. The SMILES string of the molecule is COCCCNC(=O)c1c(OCC2CC2)cc(=O)n2c1CCOCC2. The zero-order valence-corrected chi connectivity index (χ0v) is 14.7. The molecule has 3 rings (SSSR count). The van der Waals surface area contributed by atoms with Crippen LogP contribution in [0.1, 0.15) is 35.3 Å². The van der Waals surface area contributed by atoms with Crippen LogP contribution in [0, 0.1) is 5.92 Å². The number of amides is 1. The highest BCUT2D eigenvalue weighted by Crippen LogP contribution is 2.31. The number of carbonyl (C=O) groups is 1. The molecule has 0 unspecified atom stereocenters. The Bertz CT molecular complexity index is 666. The summed E-state index contributed by atoms with van der Waals surface area (Å²) in [6.45, 7) is 3.10. The molecule has 1 saturated carbocycles. The fourth-order valence-corrected chi connectivity index (χ4v) is 2.96. The quantitative estimate of drug-likeness (QED) is 0.707. The van der Waals surface area contributed by atoms with E-state index in [4.69, 9.17) is 14.2 Å². The van der Waals surface area contributed by atoms with Gasteiger partial charge in [-0.3, -0.25) is 9.59 Å². The lowest BCUT2D eigenvalue weighted by Gasteiger charge is -2.18. The van der Waals surface area contributed by atoms with Crippen LogP contribution in [0.5, 0.6) is 5.75 Å². The second kappa shape index (κ2) is 8.49. The van der Waals surface area contributed by atoms with Crippen molar-refractivity contribution in [1.82, 2.24) is 9.88 Å². The van der Waals surface area contributed by atoms with Crippen molar-refractivity contribution in [2.75, 3.05) is 40.1 Å². The predicted octanol–water partition coefficient (Wildman–Crippen LogP) is 0.976. The third kappa shape index (κ3) is 4.61. The molecule has 1 fully saturated rings. The number of rotatable bonds is 8. The van der Waals surface area contributed by atoms with E-state index in [-0.39, 0.29) is 11.5 Å². The fraction of sp³-hybridized carbons (Fsp3) is 0.667. The molecule has 1 aliphatic carbocycles. The topological polar surface area (TPSA) is 78.8 Å². The number of nitrogens with zero attached hydrogens (tertiary/aromatic N) is 1. The molecular formula is C18H26N2O5. The second-order valence-corrected chi connectivity index (χ2v) is 6.54. The first-order chi connectivity index (χ1) is 12.2. The zero-order valence-electron chi connectivity index (χ0n) is 14.7. The van der Waals surface area contributed by atoms with Gasteiger partial charge in [0.1, 0.15) is 11.3 Å². The molecule has 1 amide bonds. The average molecular weight is 350 g/mol. The second-order valence-electron chi connectivity index (χ2n) is 6.54. The molecule has 0 atom stereocenters. The molecule has 0 radical (unpaired) electrons. The van der Waals surface area contributed by atoms with E-state index in [1.165, 1.54) is 6.07 Å². The van der Waals surface area contributed by atoms with E-state index in [9.17, 15) is 9.59 Å². The van der Waals surface area contributed by atoms with Crippen molar-refractivity contribution in [3.8, 4) is 5.75 Å². The van der Waals surface area contributed by atoms with Gasteiger partial charge in [-0.25, -0.2) is 0 Å². The van der Waals surface area contributed by atoms with Crippen LogP contribution in [0.2, 0.25) is 0 Å². The van der Waals surface area contributed by atoms with Gasteiger partial charge in [0.15, 0.2) is 0 Å². The van der Waals surface area contributed by atoms with Gasteiger partial charge in [-0.2, -0.15) is 0 Å². The van der Waals surface area contributed by atoms with Crippen LogP contribution in [-0.2, 0) is 22.4 Å². The summed E-state index contributed by atoms with van der Waals surface area (Å²) in [7, 11) is 1.63. The first kappa shape index (κ1) is 17.9. The Labute approximate surface area is 147 Å².